The summed E-state index contributed by atoms with van der Waals surface area (Å²) in [5.41, 5.74) is 0.645. The van der Waals surface area contributed by atoms with Crippen LogP contribution in [-0.4, -0.2) is 44.3 Å². The highest BCUT2D eigenvalue weighted by Crippen LogP contribution is 2.21. The van der Waals surface area contributed by atoms with E-state index in [0.29, 0.717) is 5.56 Å². The van der Waals surface area contributed by atoms with Crippen LogP contribution < -0.4 is 0 Å². The van der Waals surface area contributed by atoms with Crippen molar-refractivity contribution in [3.05, 3.63) is 35.9 Å². The second kappa shape index (κ2) is 11.6. The summed E-state index contributed by atoms with van der Waals surface area (Å²) in [5, 5.41) is 33.9. The molecule has 25 heavy (non-hydrogen) atoms. The first-order valence-corrected chi connectivity index (χ1v) is 7.59. The Bertz CT molecular complexity index is 582. The number of hydrogen-bond donors (Lipinski definition) is 4. The molecule has 1 rings (SSSR count). The SMILES string of the molecule is CC(CCC(=O)O)C(=O)O.O=C(O)CCC(C(=O)O)c1ccccc1. The Balaban J connectivity index is 0.000000504. The van der Waals surface area contributed by atoms with Crippen molar-refractivity contribution in [3.8, 4) is 0 Å². The smallest absolute Gasteiger partial charge is 0.310 e. The van der Waals surface area contributed by atoms with Gasteiger partial charge in [-0.2, -0.15) is 0 Å². The van der Waals surface area contributed by atoms with Gasteiger partial charge < -0.3 is 20.4 Å². The number of benzene rings is 1. The third-order valence-corrected chi connectivity index (χ3v) is 3.36. The zero-order valence-electron chi connectivity index (χ0n) is 13.8. The van der Waals surface area contributed by atoms with Gasteiger partial charge in [0.2, 0.25) is 0 Å². The van der Waals surface area contributed by atoms with Gasteiger partial charge in [0.25, 0.3) is 0 Å². The van der Waals surface area contributed by atoms with E-state index in [4.69, 9.17) is 20.4 Å². The topological polar surface area (TPSA) is 149 Å². The Morgan fingerprint density at radius 3 is 1.68 bits per heavy atom. The molecule has 0 aliphatic heterocycles. The van der Waals surface area contributed by atoms with Gasteiger partial charge in [0, 0.05) is 12.8 Å². The van der Waals surface area contributed by atoms with Crippen LogP contribution in [0.15, 0.2) is 30.3 Å². The van der Waals surface area contributed by atoms with Crippen LogP contribution in [0.5, 0.6) is 0 Å². The molecule has 0 aliphatic rings. The molecule has 4 N–H and O–H groups in total. The minimum Gasteiger partial charge on any atom is -0.481 e. The van der Waals surface area contributed by atoms with Crippen LogP contribution >= 0.6 is 0 Å². The molecule has 8 heteroatoms. The maximum atomic E-state index is 10.9. The first-order chi connectivity index (χ1) is 11.6. The standard InChI is InChI=1S/C11H12O4.C6H10O4/c12-10(13)7-6-9(11(14)15)8-4-2-1-3-5-8;1-4(6(9)10)2-3-5(7)8/h1-5,9H,6-7H2,(H,12,13)(H,14,15);4H,2-3H2,1H3,(H,7,8)(H,9,10). The van der Waals surface area contributed by atoms with E-state index in [1.54, 1.807) is 30.3 Å². The van der Waals surface area contributed by atoms with Gasteiger partial charge in [0.15, 0.2) is 0 Å². The highest BCUT2D eigenvalue weighted by atomic mass is 16.4. The number of aliphatic carboxylic acids is 4. The zero-order valence-corrected chi connectivity index (χ0v) is 13.8. The molecule has 0 aliphatic carbocycles. The van der Waals surface area contributed by atoms with Crippen molar-refractivity contribution in [3.63, 3.8) is 0 Å². The lowest BCUT2D eigenvalue weighted by molar-refractivity contribution is -0.143. The first-order valence-electron chi connectivity index (χ1n) is 7.59. The maximum absolute atomic E-state index is 10.9. The minimum atomic E-state index is -0.984. The van der Waals surface area contributed by atoms with Crippen LogP contribution in [0.2, 0.25) is 0 Å². The molecule has 0 saturated carbocycles. The summed E-state index contributed by atoms with van der Waals surface area (Å²) in [5.74, 6) is -5.15. The molecule has 8 nitrogen and oxygen atoms in total. The third kappa shape index (κ3) is 10.5. The van der Waals surface area contributed by atoms with E-state index in [1.807, 2.05) is 0 Å². The predicted molar refractivity (Wildman–Crippen MR) is 87.4 cm³/mol. The van der Waals surface area contributed by atoms with Gasteiger partial charge >= 0.3 is 23.9 Å². The van der Waals surface area contributed by atoms with Crippen molar-refractivity contribution in [1.82, 2.24) is 0 Å². The molecule has 0 aromatic heterocycles. The van der Waals surface area contributed by atoms with Crippen molar-refractivity contribution >= 4 is 23.9 Å². The Morgan fingerprint density at radius 2 is 1.28 bits per heavy atom. The number of carbonyl (C=O) groups is 4. The van der Waals surface area contributed by atoms with E-state index in [1.165, 1.54) is 6.92 Å². The summed E-state index contributed by atoms with van der Waals surface area (Å²) in [6.45, 7) is 1.49. The van der Waals surface area contributed by atoms with Gasteiger partial charge in [0.05, 0.1) is 11.8 Å². The van der Waals surface area contributed by atoms with Crippen LogP contribution in [0.25, 0.3) is 0 Å². The van der Waals surface area contributed by atoms with Crippen LogP contribution in [0, 0.1) is 5.92 Å². The van der Waals surface area contributed by atoms with Gasteiger partial charge in [-0.3, -0.25) is 19.2 Å². The van der Waals surface area contributed by atoms with Gasteiger partial charge in [-0.25, -0.2) is 0 Å². The van der Waals surface area contributed by atoms with E-state index in [2.05, 4.69) is 0 Å². The summed E-state index contributed by atoms with van der Waals surface area (Å²) >= 11 is 0. The summed E-state index contributed by atoms with van der Waals surface area (Å²) in [7, 11) is 0. The van der Waals surface area contributed by atoms with Crippen molar-refractivity contribution in [2.45, 2.75) is 38.5 Å². The Labute approximate surface area is 144 Å². The average Bonchev–Trinajstić information content (AvgIpc) is 2.53. The largest absolute Gasteiger partial charge is 0.481 e. The number of rotatable bonds is 9. The monoisotopic (exact) mass is 354 g/mol. The van der Waals surface area contributed by atoms with E-state index >= 15 is 0 Å². The quantitative estimate of drug-likeness (QED) is 0.527. The molecule has 0 radical (unpaired) electrons. The van der Waals surface area contributed by atoms with E-state index in [9.17, 15) is 19.2 Å². The van der Waals surface area contributed by atoms with Crippen molar-refractivity contribution in [2.75, 3.05) is 0 Å². The van der Waals surface area contributed by atoms with Crippen LogP contribution in [0.4, 0.5) is 0 Å². The molecule has 0 bridgehead atoms. The fourth-order valence-electron chi connectivity index (χ4n) is 1.85. The van der Waals surface area contributed by atoms with Crippen LogP contribution in [0.1, 0.15) is 44.1 Å². The van der Waals surface area contributed by atoms with Crippen molar-refractivity contribution < 1.29 is 39.6 Å². The number of carboxylic acid groups (broad SMARTS) is 4. The fourth-order valence-corrected chi connectivity index (χ4v) is 1.85. The van der Waals surface area contributed by atoms with Gasteiger partial charge in [-0.05, 0) is 18.4 Å². The summed E-state index contributed by atoms with van der Waals surface area (Å²) in [4.78, 5) is 41.3. The normalized spacial score (nSPS) is 12.2. The van der Waals surface area contributed by atoms with Gasteiger partial charge in [-0.15, -0.1) is 0 Å². The summed E-state index contributed by atoms with van der Waals surface area (Å²) < 4.78 is 0. The molecule has 0 fully saturated rings. The van der Waals surface area contributed by atoms with E-state index in [0.717, 1.165) is 0 Å². The molecule has 0 spiro atoms. The second-order valence-electron chi connectivity index (χ2n) is 5.41. The van der Waals surface area contributed by atoms with E-state index in [-0.39, 0.29) is 25.7 Å². The Morgan fingerprint density at radius 1 is 0.800 bits per heavy atom. The van der Waals surface area contributed by atoms with Crippen LogP contribution in [0.3, 0.4) is 0 Å². The number of hydrogen-bond acceptors (Lipinski definition) is 4. The lowest BCUT2D eigenvalue weighted by Crippen LogP contribution is -2.13. The molecule has 0 heterocycles. The first kappa shape index (κ1) is 22.1. The summed E-state index contributed by atoms with van der Waals surface area (Å²) in [6.07, 6.45) is 0.110. The molecule has 1 aromatic rings. The Hall–Kier alpha value is -2.90. The fraction of sp³-hybridized carbons (Fsp3) is 0.412. The molecule has 2 unspecified atom stereocenters. The number of carboxylic acids is 4. The minimum absolute atomic E-state index is 0.0759. The maximum Gasteiger partial charge on any atom is 0.310 e. The second-order valence-corrected chi connectivity index (χ2v) is 5.41. The van der Waals surface area contributed by atoms with Crippen molar-refractivity contribution in [2.24, 2.45) is 5.92 Å². The summed E-state index contributed by atoms with van der Waals surface area (Å²) in [6, 6.07) is 8.67. The molecule has 0 amide bonds. The van der Waals surface area contributed by atoms with E-state index < -0.39 is 35.7 Å². The molecule has 2 atom stereocenters. The van der Waals surface area contributed by atoms with Crippen LogP contribution in [-0.2, 0) is 19.2 Å². The highest BCUT2D eigenvalue weighted by molar-refractivity contribution is 5.77. The predicted octanol–water partition coefficient (Wildman–Crippen LogP) is 2.29. The molecule has 138 valence electrons. The molecule has 0 saturated heterocycles. The van der Waals surface area contributed by atoms with Crippen molar-refractivity contribution in [1.29, 1.82) is 0 Å². The molecular formula is C17H22O8. The zero-order chi connectivity index (χ0) is 19.4. The lowest BCUT2D eigenvalue weighted by atomic mass is 9.94. The third-order valence-electron chi connectivity index (χ3n) is 3.36. The molecule has 1 aromatic carbocycles. The van der Waals surface area contributed by atoms with Gasteiger partial charge in [-0.1, -0.05) is 37.3 Å². The van der Waals surface area contributed by atoms with Gasteiger partial charge in [0.1, 0.15) is 0 Å². The molecular weight excluding hydrogens is 332 g/mol. The Kier molecular flexibility index (Phi) is 10.3. The highest BCUT2D eigenvalue weighted by Gasteiger charge is 2.20. The average molecular weight is 354 g/mol. The lowest BCUT2D eigenvalue weighted by Gasteiger charge is -2.10.